The number of urea groups is 1. The standard InChI is InChI=1S/C12H22N2O/c1-9(10-7-8-10)14(2)12(15)13-11-5-3-4-6-11/h9-11H,3-8H2,1-2H3,(H,13,15). The van der Waals surface area contributed by atoms with Gasteiger partial charge in [0.1, 0.15) is 0 Å². The number of hydrogen-bond acceptors (Lipinski definition) is 1. The molecule has 1 N–H and O–H groups in total. The highest BCUT2D eigenvalue weighted by molar-refractivity contribution is 5.74. The Hall–Kier alpha value is -0.730. The van der Waals surface area contributed by atoms with E-state index in [4.69, 9.17) is 0 Å². The van der Waals surface area contributed by atoms with Crippen LogP contribution in [0, 0.1) is 5.92 Å². The smallest absolute Gasteiger partial charge is 0.317 e. The van der Waals surface area contributed by atoms with Crippen LogP contribution in [0.5, 0.6) is 0 Å². The second-order valence-corrected chi connectivity index (χ2v) is 5.12. The van der Waals surface area contributed by atoms with E-state index in [1.807, 2.05) is 11.9 Å². The number of carbonyl (C=O) groups excluding carboxylic acids is 1. The number of hydrogen-bond donors (Lipinski definition) is 1. The molecule has 2 fully saturated rings. The lowest BCUT2D eigenvalue weighted by Crippen LogP contribution is -2.46. The van der Waals surface area contributed by atoms with Crippen LogP contribution in [0.15, 0.2) is 0 Å². The minimum Gasteiger partial charge on any atom is -0.335 e. The molecule has 15 heavy (non-hydrogen) atoms. The molecule has 0 aromatic heterocycles. The summed E-state index contributed by atoms with van der Waals surface area (Å²) in [5.41, 5.74) is 0. The molecule has 2 aliphatic rings. The van der Waals surface area contributed by atoms with Crippen molar-refractivity contribution in [3.05, 3.63) is 0 Å². The lowest BCUT2D eigenvalue weighted by Gasteiger charge is -2.26. The van der Waals surface area contributed by atoms with Crippen molar-refractivity contribution in [1.29, 1.82) is 0 Å². The average molecular weight is 210 g/mol. The molecule has 3 heteroatoms. The van der Waals surface area contributed by atoms with E-state index in [9.17, 15) is 4.79 Å². The summed E-state index contributed by atoms with van der Waals surface area (Å²) in [6, 6.07) is 0.971. The zero-order valence-electron chi connectivity index (χ0n) is 9.83. The van der Waals surface area contributed by atoms with Gasteiger partial charge >= 0.3 is 6.03 Å². The Morgan fingerprint density at radius 2 is 1.87 bits per heavy atom. The van der Waals surface area contributed by atoms with Crippen molar-refractivity contribution >= 4 is 6.03 Å². The Morgan fingerprint density at radius 1 is 1.27 bits per heavy atom. The molecule has 1 unspecified atom stereocenters. The van der Waals surface area contributed by atoms with Crippen LogP contribution < -0.4 is 5.32 Å². The van der Waals surface area contributed by atoms with Gasteiger partial charge in [-0.15, -0.1) is 0 Å². The molecule has 0 aromatic carbocycles. The van der Waals surface area contributed by atoms with E-state index in [0.29, 0.717) is 12.1 Å². The first kappa shape index (κ1) is 10.8. The van der Waals surface area contributed by atoms with Crippen LogP contribution >= 0.6 is 0 Å². The lowest BCUT2D eigenvalue weighted by atomic mass is 10.2. The van der Waals surface area contributed by atoms with Crippen LogP contribution in [0.3, 0.4) is 0 Å². The van der Waals surface area contributed by atoms with Crippen LogP contribution in [0.25, 0.3) is 0 Å². The second-order valence-electron chi connectivity index (χ2n) is 5.12. The maximum atomic E-state index is 11.9. The van der Waals surface area contributed by atoms with Crippen molar-refractivity contribution < 1.29 is 4.79 Å². The van der Waals surface area contributed by atoms with Crippen LogP contribution in [0.1, 0.15) is 45.4 Å². The SMILES string of the molecule is CC(C1CC1)N(C)C(=O)NC1CCCC1. The molecule has 0 aliphatic heterocycles. The first-order valence-corrected chi connectivity index (χ1v) is 6.22. The molecule has 0 saturated heterocycles. The van der Waals surface area contributed by atoms with Gasteiger partial charge < -0.3 is 10.2 Å². The Kier molecular flexibility index (Phi) is 3.17. The normalized spacial score (nSPS) is 23.9. The summed E-state index contributed by atoms with van der Waals surface area (Å²) in [6.07, 6.45) is 7.46. The molecule has 0 spiro atoms. The summed E-state index contributed by atoms with van der Waals surface area (Å²) < 4.78 is 0. The van der Waals surface area contributed by atoms with Crippen molar-refractivity contribution in [2.45, 2.75) is 57.5 Å². The van der Waals surface area contributed by atoms with Gasteiger partial charge in [0, 0.05) is 19.1 Å². The molecule has 1 atom stereocenters. The van der Waals surface area contributed by atoms with Gasteiger partial charge in [-0.3, -0.25) is 0 Å². The molecule has 3 nitrogen and oxygen atoms in total. The average Bonchev–Trinajstić information content (AvgIpc) is 2.96. The summed E-state index contributed by atoms with van der Waals surface area (Å²) in [5.74, 6) is 0.754. The highest BCUT2D eigenvalue weighted by Crippen LogP contribution is 2.34. The number of amides is 2. The van der Waals surface area contributed by atoms with Gasteiger partial charge in [-0.2, -0.15) is 0 Å². The molecule has 0 aromatic rings. The Balaban J connectivity index is 1.78. The topological polar surface area (TPSA) is 32.3 Å². The molecule has 2 aliphatic carbocycles. The largest absolute Gasteiger partial charge is 0.335 e. The van der Waals surface area contributed by atoms with E-state index in [2.05, 4.69) is 12.2 Å². The Labute approximate surface area is 92.2 Å². The fourth-order valence-corrected chi connectivity index (χ4v) is 2.43. The highest BCUT2D eigenvalue weighted by Gasteiger charge is 2.33. The Morgan fingerprint density at radius 3 is 2.40 bits per heavy atom. The maximum Gasteiger partial charge on any atom is 0.317 e. The predicted octanol–water partition coefficient (Wildman–Crippen LogP) is 2.37. The van der Waals surface area contributed by atoms with Crippen molar-refractivity contribution in [3.8, 4) is 0 Å². The van der Waals surface area contributed by atoms with Gasteiger partial charge in [-0.1, -0.05) is 12.8 Å². The summed E-state index contributed by atoms with van der Waals surface area (Å²) in [4.78, 5) is 13.8. The quantitative estimate of drug-likeness (QED) is 0.762. The van der Waals surface area contributed by atoms with Crippen molar-refractivity contribution in [1.82, 2.24) is 10.2 Å². The van der Waals surface area contributed by atoms with Crippen LogP contribution in [0.2, 0.25) is 0 Å². The third kappa shape index (κ3) is 2.64. The van der Waals surface area contributed by atoms with Crippen molar-refractivity contribution in [2.75, 3.05) is 7.05 Å². The molecule has 86 valence electrons. The third-order valence-corrected chi connectivity index (χ3v) is 3.92. The fraction of sp³-hybridized carbons (Fsp3) is 0.917. The molecule has 2 saturated carbocycles. The molecule has 0 bridgehead atoms. The van der Waals surface area contributed by atoms with Gasteiger partial charge in [0.2, 0.25) is 0 Å². The molecular formula is C12H22N2O. The van der Waals surface area contributed by atoms with Crippen molar-refractivity contribution in [3.63, 3.8) is 0 Å². The van der Waals surface area contributed by atoms with E-state index < -0.39 is 0 Å². The van der Waals surface area contributed by atoms with Gasteiger partial charge in [0.15, 0.2) is 0 Å². The Bertz CT molecular complexity index is 232. The van der Waals surface area contributed by atoms with Gasteiger partial charge in [0.25, 0.3) is 0 Å². The monoisotopic (exact) mass is 210 g/mol. The summed E-state index contributed by atoms with van der Waals surface area (Å²) in [6.45, 7) is 2.16. The van der Waals surface area contributed by atoms with Crippen LogP contribution in [0.4, 0.5) is 4.79 Å². The van der Waals surface area contributed by atoms with Crippen LogP contribution in [-0.4, -0.2) is 30.1 Å². The minimum absolute atomic E-state index is 0.126. The predicted molar refractivity (Wildman–Crippen MR) is 60.7 cm³/mol. The highest BCUT2D eigenvalue weighted by atomic mass is 16.2. The molecule has 2 rings (SSSR count). The van der Waals surface area contributed by atoms with E-state index in [1.165, 1.54) is 25.7 Å². The molecule has 0 radical (unpaired) electrons. The first-order valence-electron chi connectivity index (χ1n) is 6.22. The van der Waals surface area contributed by atoms with E-state index in [0.717, 1.165) is 18.8 Å². The van der Waals surface area contributed by atoms with Crippen LogP contribution in [-0.2, 0) is 0 Å². The fourth-order valence-electron chi connectivity index (χ4n) is 2.43. The van der Waals surface area contributed by atoms with E-state index >= 15 is 0 Å². The van der Waals surface area contributed by atoms with Crippen molar-refractivity contribution in [2.24, 2.45) is 5.92 Å². The first-order chi connectivity index (χ1) is 7.18. The summed E-state index contributed by atoms with van der Waals surface area (Å²) in [7, 11) is 1.92. The summed E-state index contributed by atoms with van der Waals surface area (Å²) >= 11 is 0. The molecule has 2 amide bonds. The minimum atomic E-state index is 0.126. The summed E-state index contributed by atoms with van der Waals surface area (Å²) in [5, 5.41) is 3.13. The van der Waals surface area contributed by atoms with E-state index in [1.54, 1.807) is 0 Å². The number of nitrogens with one attached hydrogen (secondary N) is 1. The van der Waals surface area contributed by atoms with Gasteiger partial charge in [-0.25, -0.2) is 4.79 Å². The molecule has 0 heterocycles. The number of rotatable bonds is 3. The van der Waals surface area contributed by atoms with Gasteiger partial charge in [0.05, 0.1) is 0 Å². The number of carbonyl (C=O) groups is 1. The second kappa shape index (κ2) is 4.42. The number of nitrogens with zero attached hydrogens (tertiary/aromatic N) is 1. The third-order valence-electron chi connectivity index (χ3n) is 3.92. The lowest BCUT2D eigenvalue weighted by molar-refractivity contribution is 0.184. The maximum absolute atomic E-state index is 11.9. The van der Waals surface area contributed by atoms with E-state index in [-0.39, 0.29) is 6.03 Å². The van der Waals surface area contributed by atoms with Gasteiger partial charge in [-0.05, 0) is 38.5 Å². The zero-order valence-corrected chi connectivity index (χ0v) is 9.83. The molecular weight excluding hydrogens is 188 g/mol. The zero-order chi connectivity index (χ0) is 10.8.